The average molecular weight is 242 g/mol. The van der Waals surface area contributed by atoms with Gasteiger partial charge in [0.2, 0.25) is 0 Å². The van der Waals surface area contributed by atoms with Crippen LogP contribution >= 0.6 is 0 Å². The molecular weight excluding hydrogens is 227 g/mol. The van der Waals surface area contributed by atoms with E-state index >= 15 is 0 Å². The number of halogens is 1. The Morgan fingerprint density at radius 2 is 2.06 bits per heavy atom. The van der Waals surface area contributed by atoms with Crippen LogP contribution < -0.4 is 11.1 Å². The first-order chi connectivity index (χ1) is 8.74. The minimum Gasteiger partial charge on any atom is -0.399 e. The van der Waals surface area contributed by atoms with Gasteiger partial charge in [0.05, 0.1) is 6.04 Å². The lowest BCUT2D eigenvalue weighted by Gasteiger charge is -2.27. The molecular formula is C15H15FN2. The normalized spacial score (nSPS) is 18.4. The van der Waals surface area contributed by atoms with Crippen molar-refractivity contribution in [2.75, 3.05) is 12.3 Å². The second-order valence-corrected chi connectivity index (χ2v) is 4.65. The first-order valence-electron chi connectivity index (χ1n) is 6.11. The van der Waals surface area contributed by atoms with Gasteiger partial charge >= 0.3 is 0 Å². The summed E-state index contributed by atoms with van der Waals surface area (Å²) in [5.41, 5.74) is 9.86. The monoisotopic (exact) mass is 242 g/mol. The van der Waals surface area contributed by atoms with Crippen molar-refractivity contribution in [3.05, 3.63) is 65.0 Å². The Morgan fingerprint density at radius 1 is 1.17 bits per heavy atom. The molecule has 0 radical (unpaired) electrons. The molecule has 0 amide bonds. The van der Waals surface area contributed by atoms with E-state index in [0.717, 1.165) is 29.8 Å². The van der Waals surface area contributed by atoms with E-state index in [4.69, 9.17) is 5.73 Å². The van der Waals surface area contributed by atoms with E-state index in [1.807, 2.05) is 30.3 Å². The highest BCUT2D eigenvalue weighted by Gasteiger charge is 2.21. The fourth-order valence-corrected chi connectivity index (χ4v) is 2.56. The summed E-state index contributed by atoms with van der Waals surface area (Å²) in [6.07, 6.45) is 0.939. The molecule has 0 saturated carbocycles. The Hall–Kier alpha value is -1.87. The Bertz CT molecular complexity index is 580. The molecule has 0 spiro atoms. The Kier molecular flexibility index (Phi) is 2.76. The SMILES string of the molecule is Nc1cccc(C2NCCc3ccc(F)cc32)c1. The summed E-state index contributed by atoms with van der Waals surface area (Å²) < 4.78 is 13.4. The number of nitrogens with one attached hydrogen (secondary N) is 1. The van der Waals surface area contributed by atoms with Gasteiger partial charge in [0.25, 0.3) is 0 Å². The third-order valence-electron chi connectivity index (χ3n) is 3.41. The molecule has 1 heterocycles. The van der Waals surface area contributed by atoms with Gasteiger partial charge in [0.1, 0.15) is 5.82 Å². The zero-order chi connectivity index (χ0) is 12.5. The second kappa shape index (κ2) is 4.42. The molecule has 0 fully saturated rings. The van der Waals surface area contributed by atoms with Crippen molar-refractivity contribution < 1.29 is 4.39 Å². The topological polar surface area (TPSA) is 38.0 Å². The van der Waals surface area contributed by atoms with E-state index in [0.29, 0.717) is 0 Å². The minimum atomic E-state index is -0.189. The molecule has 2 aromatic rings. The van der Waals surface area contributed by atoms with Crippen LogP contribution in [0, 0.1) is 5.82 Å². The zero-order valence-electron chi connectivity index (χ0n) is 9.99. The van der Waals surface area contributed by atoms with Gasteiger partial charge in [-0.15, -0.1) is 0 Å². The molecule has 1 unspecified atom stereocenters. The van der Waals surface area contributed by atoms with Crippen molar-refractivity contribution in [2.45, 2.75) is 12.5 Å². The molecule has 1 aliphatic heterocycles. The third kappa shape index (κ3) is 1.97. The highest BCUT2D eigenvalue weighted by atomic mass is 19.1. The van der Waals surface area contributed by atoms with Gasteiger partial charge in [-0.1, -0.05) is 18.2 Å². The smallest absolute Gasteiger partial charge is 0.123 e. The summed E-state index contributed by atoms with van der Waals surface area (Å²) in [7, 11) is 0. The molecule has 1 atom stereocenters. The maximum absolute atomic E-state index is 13.4. The van der Waals surface area contributed by atoms with E-state index in [2.05, 4.69) is 5.32 Å². The third-order valence-corrected chi connectivity index (χ3v) is 3.41. The van der Waals surface area contributed by atoms with Gasteiger partial charge < -0.3 is 11.1 Å². The summed E-state index contributed by atoms with van der Waals surface area (Å²) in [6, 6.07) is 12.8. The molecule has 18 heavy (non-hydrogen) atoms. The first kappa shape index (κ1) is 11.2. The molecule has 0 bridgehead atoms. The van der Waals surface area contributed by atoms with Crippen molar-refractivity contribution in [3.63, 3.8) is 0 Å². The van der Waals surface area contributed by atoms with Gasteiger partial charge in [0.15, 0.2) is 0 Å². The quantitative estimate of drug-likeness (QED) is 0.754. The van der Waals surface area contributed by atoms with E-state index in [1.54, 1.807) is 6.07 Å². The van der Waals surface area contributed by atoms with Crippen LogP contribution in [0.3, 0.4) is 0 Å². The summed E-state index contributed by atoms with van der Waals surface area (Å²) in [5.74, 6) is -0.189. The molecule has 3 heteroatoms. The fourth-order valence-electron chi connectivity index (χ4n) is 2.56. The number of rotatable bonds is 1. The number of fused-ring (bicyclic) bond motifs is 1. The lowest BCUT2D eigenvalue weighted by molar-refractivity contribution is 0.556. The number of nitrogen functional groups attached to an aromatic ring is 1. The molecule has 92 valence electrons. The largest absolute Gasteiger partial charge is 0.399 e. The minimum absolute atomic E-state index is 0.0351. The Morgan fingerprint density at radius 3 is 2.89 bits per heavy atom. The van der Waals surface area contributed by atoms with Crippen molar-refractivity contribution >= 4 is 5.69 Å². The van der Waals surface area contributed by atoms with Crippen LogP contribution in [0.5, 0.6) is 0 Å². The standard InChI is InChI=1S/C15H15FN2/c16-12-5-4-10-6-7-18-15(14(10)9-12)11-2-1-3-13(17)8-11/h1-5,8-9,15,18H,6-7,17H2. The molecule has 3 rings (SSSR count). The first-order valence-corrected chi connectivity index (χ1v) is 6.11. The van der Waals surface area contributed by atoms with Gasteiger partial charge in [-0.3, -0.25) is 0 Å². The average Bonchev–Trinajstić information content (AvgIpc) is 2.38. The molecule has 2 nitrogen and oxygen atoms in total. The van der Waals surface area contributed by atoms with Crippen LogP contribution in [0.25, 0.3) is 0 Å². The number of benzene rings is 2. The maximum Gasteiger partial charge on any atom is 0.123 e. The highest BCUT2D eigenvalue weighted by molar-refractivity contribution is 5.46. The molecule has 2 aromatic carbocycles. The van der Waals surface area contributed by atoms with E-state index < -0.39 is 0 Å². The maximum atomic E-state index is 13.4. The predicted octanol–water partition coefficient (Wildman–Crippen LogP) is 2.64. The summed E-state index contributed by atoms with van der Waals surface area (Å²) >= 11 is 0. The van der Waals surface area contributed by atoms with E-state index in [1.165, 1.54) is 11.6 Å². The lowest BCUT2D eigenvalue weighted by atomic mass is 9.89. The van der Waals surface area contributed by atoms with Crippen LogP contribution in [0.4, 0.5) is 10.1 Å². The molecule has 0 aliphatic carbocycles. The van der Waals surface area contributed by atoms with Crippen molar-refractivity contribution in [1.82, 2.24) is 5.32 Å². The predicted molar refractivity (Wildman–Crippen MR) is 70.8 cm³/mol. The van der Waals surface area contributed by atoms with Crippen LogP contribution in [0.15, 0.2) is 42.5 Å². The number of nitrogens with two attached hydrogens (primary N) is 1. The molecule has 0 saturated heterocycles. The molecule has 0 aromatic heterocycles. The summed E-state index contributed by atoms with van der Waals surface area (Å²) in [4.78, 5) is 0. The van der Waals surface area contributed by atoms with E-state index in [-0.39, 0.29) is 11.9 Å². The van der Waals surface area contributed by atoms with Crippen LogP contribution in [-0.2, 0) is 6.42 Å². The zero-order valence-corrected chi connectivity index (χ0v) is 9.99. The Labute approximate surface area is 106 Å². The number of anilines is 1. The molecule has 3 N–H and O–H groups in total. The van der Waals surface area contributed by atoms with E-state index in [9.17, 15) is 4.39 Å². The summed E-state index contributed by atoms with van der Waals surface area (Å²) in [5, 5.41) is 3.42. The van der Waals surface area contributed by atoms with Gasteiger partial charge in [0, 0.05) is 12.2 Å². The lowest BCUT2D eigenvalue weighted by Crippen LogP contribution is -2.30. The van der Waals surface area contributed by atoms with Crippen molar-refractivity contribution in [2.24, 2.45) is 0 Å². The van der Waals surface area contributed by atoms with Crippen LogP contribution in [0.1, 0.15) is 22.7 Å². The van der Waals surface area contributed by atoms with Crippen LogP contribution in [0.2, 0.25) is 0 Å². The van der Waals surface area contributed by atoms with Gasteiger partial charge in [-0.05, 0) is 47.4 Å². The van der Waals surface area contributed by atoms with Crippen molar-refractivity contribution in [3.8, 4) is 0 Å². The second-order valence-electron chi connectivity index (χ2n) is 4.65. The highest BCUT2D eigenvalue weighted by Crippen LogP contribution is 2.29. The van der Waals surface area contributed by atoms with Gasteiger partial charge in [-0.2, -0.15) is 0 Å². The van der Waals surface area contributed by atoms with Crippen LogP contribution in [-0.4, -0.2) is 6.54 Å². The molecule has 1 aliphatic rings. The number of hydrogen-bond acceptors (Lipinski definition) is 2. The van der Waals surface area contributed by atoms with Crippen molar-refractivity contribution in [1.29, 1.82) is 0 Å². The number of hydrogen-bond donors (Lipinski definition) is 2. The van der Waals surface area contributed by atoms with Gasteiger partial charge in [-0.25, -0.2) is 4.39 Å². The fraction of sp³-hybridized carbons (Fsp3) is 0.200. The Balaban J connectivity index is 2.08. The summed E-state index contributed by atoms with van der Waals surface area (Å²) in [6.45, 7) is 0.901.